The van der Waals surface area contributed by atoms with E-state index in [2.05, 4.69) is 25.7 Å². The van der Waals surface area contributed by atoms with Crippen LogP contribution in [0.15, 0.2) is 12.7 Å². The minimum absolute atomic E-state index is 0.756. The molecule has 0 radical (unpaired) electrons. The Kier molecular flexibility index (Phi) is 13.5. The number of rotatable bonds is 13. The molecule has 0 amide bonds. The molecule has 0 heterocycles. The van der Waals surface area contributed by atoms with Gasteiger partial charge in [0.15, 0.2) is 0 Å². The molecule has 1 nitrogen and oxygen atoms in total. The van der Waals surface area contributed by atoms with E-state index in [4.69, 9.17) is 0 Å². The van der Waals surface area contributed by atoms with Crippen LogP contribution in [0.2, 0.25) is 0 Å². The predicted molar refractivity (Wildman–Crippen MR) is 79.5 cm³/mol. The fourth-order valence-electron chi connectivity index (χ4n) is 2.16. The van der Waals surface area contributed by atoms with Crippen molar-refractivity contribution in [1.29, 1.82) is 0 Å². The average Bonchev–Trinajstić information content (AvgIpc) is 2.36. The number of hydrogen-bond donors (Lipinski definition) is 1. The van der Waals surface area contributed by atoms with E-state index < -0.39 is 0 Å². The van der Waals surface area contributed by atoms with Gasteiger partial charge < -0.3 is 5.32 Å². The van der Waals surface area contributed by atoms with Crippen LogP contribution in [0.4, 0.5) is 0 Å². The standard InChI is InChI=1S/C16H33N/c1-4-7-9-10-11-12-14-16(6-3)17-15-13-8-5-2/h4,16-17H,1,5-15H2,2-3H3. The van der Waals surface area contributed by atoms with Gasteiger partial charge in [-0.2, -0.15) is 0 Å². The van der Waals surface area contributed by atoms with E-state index in [1.54, 1.807) is 0 Å². The maximum Gasteiger partial charge on any atom is 0.00644 e. The molecule has 1 N–H and O–H groups in total. The molecule has 1 unspecified atom stereocenters. The smallest absolute Gasteiger partial charge is 0.00644 e. The molecule has 0 fully saturated rings. The lowest BCUT2D eigenvalue weighted by molar-refractivity contribution is 0.437. The highest BCUT2D eigenvalue weighted by molar-refractivity contribution is 4.67. The summed E-state index contributed by atoms with van der Waals surface area (Å²) in [6.45, 7) is 9.54. The zero-order valence-electron chi connectivity index (χ0n) is 12.1. The molecule has 0 saturated heterocycles. The van der Waals surface area contributed by atoms with Crippen molar-refractivity contribution in [3.8, 4) is 0 Å². The third-order valence-corrected chi connectivity index (χ3v) is 3.42. The summed E-state index contributed by atoms with van der Waals surface area (Å²) in [4.78, 5) is 0. The van der Waals surface area contributed by atoms with Crippen LogP contribution in [0.25, 0.3) is 0 Å². The van der Waals surface area contributed by atoms with E-state index in [1.165, 1.54) is 70.8 Å². The summed E-state index contributed by atoms with van der Waals surface area (Å²) in [6, 6.07) is 0.756. The fourth-order valence-corrected chi connectivity index (χ4v) is 2.16. The first-order chi connectivity index (χ1) is 8.35. The Morgan fingerprint density at radius 1 is 1.00 bits per heavy atom. The van der Waals surface area contributed by atoms with Crippen molar-refractivity contribution >= 4 is 0 Å². The summed E-state index contributed by atoms with van der Waals surface area (Å²) in [7, 11) is 0. The van der Waals surface area contributed by atoms with Crippen molar-refractivity contribution in [3.63, 3.8) is 0 Å². The Labute approximate surface area is 109 Å². The van der Waals surface area contributed by atoms with Crippen LogP contribution in [-0.2, 0) is 0 Å². The zero-order valence-corrected chi connectivity index (χ0v) is 12.1. The van der Waals surface area contributed by atoms with Gasteiger partial charge in [-0.3, -0.25) is 0 Å². The molecule has 0 bridgehead atoms. The van der Waals surface area contributed by atoms with Gasteiger partial charge >= 0.3 is 0 Å². The van der Waals surface area contributed by atoms with Gasteiger partial charge in [-0.25, -0.2) is 0 Å². The van der Waals surface area contributed by atoms with Crippen LogP contribution >= 0.6 is 0 Å². The Balaban J connectivity index is 3.31. The summed E-state index contributed by atoms with van der Waals surface area (Å²) in [5.41, 5.74) is 0. The molecule has 102 valence electrons. The molecule has 17 heavy (non-hydrogen) atoms. The van der Waals surface area contributed by atoms with Gasteiger partial charge in [-0.05, 0) is 38.6 Å². The van der Waals surface area contributed by atoms with Crippen molar-refractivity contribution in [3.05, 3.63) is 12.7 Å². The van der Waals surface area contributed by atoms with Crippen molar-refractivity contribution in [2.45, 2.75) is 84.1 Å². The second-order valence-electron chi connectivity index (χ2n) is 5.05. The normalized spacial score (nSPS) is 12.6. The van der Waals surface area contributed by atoms with Crippen molar-refractivity contribution < 1.29 is 0 Å². The highest BCUT2D eigenvalue weighted by Crippen LogP contribution is 2.09. The van der Waals surface area contributed by atoms with E-state index in [-0.39, 0.29) is 0 Å². The van der Waals surface area contributed by atoms with Crippen LogP contribution in [0.3, 0.4) is 0 Å². The third-order valence-electron chi connectivity index (χ3n) is 3.42. The third kappa shape index (κ3) is 12.0. The van der Waals surface area contributed by atoms with Crippen LogP contribution in [-0.4, -0.2) is 12.6 Å². The number of allylic oxidation sites excluding steroid dienone is 1. The molecule has 0 spiro atoms. The molecule has 0 aliphatic carbocycles. The molecule has 0 rings (SSSR count). The second kappa shape index (κ2) is 13.8. The van der Waals surface area contributed by atoms with Crippen LogP contribution < -0.4 is 5.32 Å². The summed E-state index contributed by atoms with van der Waals surface area (Å²) in [5, 5.41) is 3.69. The maximum absolute atomic E-state index is 3.76. The highest BCUT2D eigenvalue weighted by atomic mass is 14.9. The molecule has 1 atom stereocenters. The van der Waals surface area contributed by atoms with E-state index in [0.29, 0.717) is 0 Å². The fraction of sp³-hybridized carbons (Fsp3) is 0.875. The van der Waals surface area contributed by atoms with E-state index in [1.807, 2.05) is 6.08 Å². The molecule has 0 aromatic carbocycles. The molecular weight excluding hydrogens is 206 g/mol. The van der Waals surface area contributed by atoms with E-state index in [9.17, 15) is 0 Å². The second-order valence-corrected chi connectivity index (χ2v) is 5.05. The summed E-state index contributed by atoms with van der Waals surface area (Å²) >= 11 is 0. The van der Waals surface area contributed by atoms with Crippen molar-refractivity contribution in [1.82, 2.24) is 5.32 Å². The van der Waals surface area contributed by atoms with Crippen molar-refractivity contribution in [2.24, 2.45) is 0 Å². The lowest BCUT2D eigenvalue weighted by atomic mass is 10.0. The van der Waals surface area contributed by atoms with Gasteiger partial charge in [0, 0.05) is 6.04 Å². The van der Waals surface area contributed by atoms with Gasteiger partial charge in [0.25, 0.3) is 0 Å². The van der Waals surface area contributed by atoms with Gasteiger partial charge in [-0.15, -0.1) is 6.58 Å². The van der Waals surface area contributed by atoms with Gasteiger partial charge in [0.05, 0.1) is 0 Å². The first-order valence-electron chi connectivity index (χ1n) is 7.69. The highest BCUT2D eigenvalue weighted by Gasteiger charge is 2.04. The summed E-state index contributed by atoms with van der Waals surface area (Å²) < 4.78 is 0. The van der Waals surface area contributed by atoms with Crippen molar-refractivity contribution in [2.75, 3.05) is 6.54 Å². The Morgan fingerprint density at radius 2 is 1.76 bits per heavy atom. The minimum Gasteiger partial charge on any atom is -0.314 e. The number of hydrogen-bond acceptors (Lipinski definition) is 1. The average molecular weight is 239 g/mol. The Bertz CT molecular complexity index is 154. The molecule has 1 heteroatoms. The Hall–Kier alpha value is -0.300. The summed E-state index contributed by atoms with van der Waals surface area (Å²) in [6.07, 6.45) is 15.4. The maximum atomic E-state index is 3.76. The molecule has 0 aliphatic rings. The minimum atomic E-state index is 0.756. The first kappa shape index (κ1) is 16.7. The lowest BCUT2D eigenvalue weighted by Crippen LogP contribution is -2.29. The predicted octanol–water partition coefficient (Wildman–Crippen LogP) is 5.07. The first-order valence-corrected chi connectivity index (χ1v) is 7.69. The monoisotopic (exact) mass is 239 g/mol. The van der Waals surface area contributed by atoms with Gasteiger partial charge in [-0.1, -0.05) is 52.0 Å². The number of unbranched alkanes of at least 4 members (excludes halogenated alkanes) is 6. The largest absolute Gasteiger partial charge is 0.314 e. The molecule has 0 saturated carbocycles. The van der Waals surface area contributed by atoms with Crippen LogP contribution in [0, 0.1) is 0 Å². The molecule has 0 aromatic rings. The number of nitrogens with one attached hydrogen (secondary N) is 1. The lowest BCUT2D eigenvalue weighted by Gasteiger charge is -2.16. The SMILES string of the molecule is C=CCCCCCCC(CC)NCCCCC. The Morgan fingerprint density at radius 3 is 2.41 bits per heavy atom. The van der Waals surface area contributed by atoms with Crippen LogP contribution in [0.5, 0.6) is 0 Å². The molecule has 0 aliphatic heterocycles. The van der Waals surface area contributed by atoms with E-state index in [0.717, 1.165) is 6.04 Å². The molecular formula is C16H33N. The zero-order chi connectivity index (χ0) is 12.8. The van der Waals surface area contributed by atoms with Gasteiger partial charge in [0.2, 0.25) is 0 Å². The summed E-state index contributed by atoms with van der Waals surface area (Å²) in [5.74, 6) is 0. The van der Waals surface area contributed by atoms with Gasteiger partial charge in [0.1, 0.15) is 0 Å². The van der Waals surface area contributed by atoms with Crippen LogP contribution in [0.1, 0.15) is 78.1 Å². The topological polar surface area (TPSA) is 12.0 Å². The molecule has 0 aromatic heterocycles. The quantitative estimate of drug-likeness (QED) is 0.349. The van der Waals surface area contributed by atoms with E-state index >= 15 is 0 Å².